The summed E-state index contributed by atoms with van der Waals surface area (Å²) in [5, 5.41) is 0.521. The number of ether oxygens (including phenoxy) is 1. The number of esters is 1. The van der Waals surface area contributed by atoms with Crippen molar-refractivity contribution in [3.63, 3.8) is 0 Å². The van der Waals surface area contributed by atoms with Crippen LogP contribution in [0.4, 0.5) is 0 Å². The predicted molar refractivity (Wildman–Crippen MR) is 59.2 cm³/mol. The molecule has 14 heavy (non-hydrogen) atoms. The van der Waals surface area contributed by atoms with Gasteiger partial charge in [-0.1, -0.05) is 17.7 Å². The molecular weight excluding hydrogens is 200 g/mol. The Balaban J connectivity index is 4.24. The molecule has 0 bridgehead atoms. The molecule has 0 atom stereocenters. The molecule has 0 heterocycles. The first-order valence-corrected chi connectivity index (χ1v) is 5.14. The number of rotatable bonds is 6. The van der Waals surface area contributed by atoms with Gasteiger partial charge >= 0.3 is 5.97 Å². The van der Waals surface area contributed by atoms with Crippen LogP contribution in [-0.4, -0.2) is 12.6 Å². The molecule has 0 aliphatic rings. The molecule has 2 nitrogen and oxygen atoms in total. The molecule has 0 aromatic rings. The summed E-state index contributed by atoms with van der Waals surface area (Å²) in [7, 11) is 0. The summed E-state index contributed by atoms with van der Waals surface area (Å²) in [6.07, 6.45) is 4.24. The van der Waals surface area contributed by atoms with Crippen LogP contribution < -0.4 is 0 Å². The van der Waals surface area contributed by atoms with Crippen LogP contribution >= 0.6 is 11.6 Å². The second kappa shape index (κ2) is 7.63. The summed E-state index contributed by atoms with van der Waals surface area (Å²) in [6.45, 7) is 7.49. The number of allylic oxidation sites excluding steroid dienone is 2. The molecule has 0 fully saturated rings. The van der Waals surface area contributed by atoms with Crippen molar-refractivity contribution in [3.8, 4) is 0 Å². The van der Waals surface area contributed by atoms with Crippen LogP contribution in [0.2, 0.25) is 0 Å². The Bertz CT molecular complexity index is 227. The quantitative estimate of drug-likeness (QED) is 0.294. The van der Waals surface area contributed by atoms with Crippen molar-refractivity contribution >= 4 is 17.6 Å². The van der Waals surface area contributed by atoms with E-state index in [0.29, 0.717) is 23.6 Å². The second-order valence-corrected chi connectivity index (χ2v) is 3.48. The molecule has 0 aromatic heterocycles. The maximum atomic E-state index is 11.4. The third-order valence-corrected chi connectivity index (χ3v) is 2.00. The van der Waals surface area contributed by atoms with E-state index in [1.165, 1.54) is 0 Å². The van der Waals surface area contributed by atoms with E-state index in [1.807, 2.05) is 6.08 Å². The van der Waals surface area contributed by atoms with E-state index >= 15 is 0 Å². The van der Waals surface area contributed by atoms with Crippen molar-refractivity contribution < 1.29 is 9.53 Å². The first kappa shape index (κ1) is 13.2. The number of unbranched alkanes of at least 4 members (excludes halogenated alkanes) is 1. The number of hydrogen-bond donors (Lipinski definition) is 0. The van der Waals surface area contributed by atoms with Gasteiger partial charge in [0.15, 0.2) is 0 Å². The fraction of sp³-hybridized carbons (Fsp3) is 0.545. The van der Waals surface area contributed by atoms with Gasteiger partial charge in [0.25, 0.3) is 0 Å². The van der Waals surface area contributed by atoms with Crippen molar-refractivity contribution in [2.24, 2.45) is 0 Å². The molecule has 0 radical (unpaired) electrons. The maximum Gasteiger partial charge on any atom is 0.335 e. The fourth-order valence-electron chi connectivity index (χ4n) is 1.06. The van der Waals surface area contributed by atoms with Gasteiger partial charge in [-0.05, 0) is 33.1 Å². The lowest BCUT2D eigenvalue weighted by Gasteiger charge is -2.06. The molecule has 80 valence electrons. The highest BCUT2D eigenvalue weighted by atomic mass is 35.5. The summed E-state index contributed by atoms with van der Waals surface area (Å²) >= 11 is 5.81. The molecule has 3 heteroatoms. The van der Waals surface area contributed by atoms with Gasteiger partial charge in [-0.3, -0.25) is 0 Å². The Morgan fingerprint density at radius 3 is 2.64 bits per heavy atom. The van der Waals surface area contributed by atoms with Crippen LogP contribution in [0, 0.1) is 0 Å². The highest BCUT2D eigenvalue weighted by molar-refractivity contribution is 6.31. The van der Waals surface area contributed by atoms with Gasteiger partial charge in [0.2, 0.25) is 0 Å². The monoisotopic (exact) mass is 216 g/mol. The van der Waals surface area contributed by atoms with Crippen LogP contribution in [0.3, 0.4) is 0 Å². The zero-order valence-electron chi connectivity index (χ0n) is 8.81. The van der Waals surface area contributed by atoms with Gasteiger partial charge in [0, 0.05) is 5.03 Å². The first-order chi connectivity index (χ1) is 6.63. The molecule has 0 aliphatic heterocycles. The Morgan fingerprint density at radius 2 is 2.21 bits per heavy atom. The van der Waals surface area contributed by atoms with Crippen LogP contribution in [0.15, 0.2) is 23.3 Å². The third kappa shape index (κ3) is 5.07. The molecule has 0 aromatic carbocycles. The minimum atomic E-state index is -0.302. The summed E-state index contributed by atoms with van der Waals surface area (Å²) in [4.78, 5) is 11.4. The summed E-state index contributed by atoms with van der Waals surface area (Å²) in [5.74, 6) is -0.302. The predicted octanol–water partition coefficient (Wildman–Crippen LogP) is 3.42. The van der Waals surface area contributed by atoms with Crippen LogP contribution in [0.5, 0.6) is 0 Å². The molecule has 0 spiro atoms. The molecule has 0 N–H and O–H groups in total. The van der Waals surface area contributed by atoms with E-state index in [2.05, 4.69) is 6.58 Å². The van der Waals surface area contributed by atoms with Gasteiger partial charge in [-0.2, -0.15) is 0 Å². The number of hydrogen-bond acceptors (Lipinski definition) is 2. The lowest BCUT2D eigenvalue weighted by Crippen LogP contribution is -2.08. The molecule has 0 aliphatic carbocycles. The van der Waals surface area contributed by atoms with Crippen LogP contribution in [0.1, 0.15) is 33.1 Å². The molecule has 0 unspecified atom stereocenters. The summed E-state index contributed by atoms with van der Waals surface area (Å²) in [6, 6.07) is 0. The highest BCUT2D eigenvalue weighted by Crippen LogP contribution is 2.17. The average Bonchev–Trinajstić information content (AvgIpc) is 2.12. The average molecular weight is 217 g/mol. The SMILES string of the molecule is C=CCCC/C(C(=O)OCC)=C(\C)Cl. The first-order valence-electron chi connectivity index (χ1n) is 4.76. The standard InChI is InChI=1S/C11H17ClO2/c1-4-6-7-8-10(9(3)12)11(13)14-5-2/h4H,1,5-8H2,2-3H3/b10-9-. The Labute approximate surface area is 90.6 Å². The smallest absolute Gasteiger partial charge is 0.335 e. The highest BCUT2D eigenvalue weighted by Gasteiger charge is 2.12. The maximum absolute atomic E-state index is 11.4. The van der Waals surface area contributed by atoms with E-state index < -0.39 is 0 Å². The van der Waals surface area contributed by atoms with Crippen LogP contribution in [-0.2, 0) is 9.53 Å². The third-order valence-electron chi connectivity index (χ3n) is 1.77. The van der Waals surface area contributed by atoms with Crippen molar-refractivity contribution in [1.29, 1.82) is 0 Å². The molecule has 0 saturated carbocycles. The van der Waals surface area contributed by atoms with Gasteiger partial charge < -0.3 is 4.74 Å². The zero-order chi connectivity index (χ0) is 11.0. The summed E-state index contributed by atoms with van der Waals surface area (Å²) in [5.41, 5.74) is 0.579. The van der Waals surface area contributed by atoms with E-state index in [-0.39, 0.29) is 5.97 Å². The zero-order valence-corrected chi connectivity index (χ0v) is 9.56. The Morgan fingerprint density at radius 1 is 1.57 bits per heavy atom. The minimum absolute atomic E-state index is 0.302. The number of halogens is 1. The van der Waals surface area contributed by atoms with Crippen molar-refractivity contribution in [3.05, 3.63) is 23.3 Å². The molecule has 0 rings (SSSR count). The van der Waals surface area contributed by atoms with Crippen molar-refractivity contribution in [2.75, 3.05) is 6.61 Å². The van der Waals surface area contributed by atoms with E-state index in [9.17, 15) is 4.79 Å². The Hall–Kier alpha value is -0.760. The van der Waals surface area contributed by atoms with E-state index in [0.717, 1.165) is 12.8 Å². The number of carbonyl (C=O) groups excluding carboxylic acids is 1. The number of carbonyl (C=O) groups is 1. The summed E-state index contributed by atoms with van der Waals surface area (Å²) < 4.78 is 4.89. The van der Waals surface area contributed by atoms with E-state index in [1.54, 1.807) is 13.8 Å². The van der Waals surface area contributed by atoms with Crippen molar-refractivity contribution in [1.82, 2.24) is 0 Å². The van der Waals surface area contributed by atoms with Crippen molar-refractivity contribution in [2.45, 2.75) is 33.1 Å². The minimum Gasteiger partial charge on any atom is -0.463 e. The van der Waals surface area contributed by atoms with Gasteiger partial charge in [-0.15, -0.1) is 6.58 Å². The van der Waals surface area contributed by atoms with Crippen LogP contribution in [0.25, 0.3) is 0 Å². The fourth-order valence-corrected chi connectivity index (χ4v) is 1.23. The van der Waals surface area contributed by atoms with Gasteiger partial charge in [0.1, 0.15) is 0 Å². The van der Waals surface area contributed by atoms with Gasteiger partial charge in [0.05, 0.1) is 12.2 Å². The Kier molecular flexibility index (Phi) is 7.21. The normalized spacial score (nSPS) is 11.9. The largest absolute Gasteiger partial charge is 0.463 e. The van der Waals surface area contributed by atoms with Gasteiger partial charge in [-0.25, -0.2) is 4.79 Å². The topological polar surface area (TPSA) is 26.3 Å². The van der Waals surface area contributed by atoms with E-state index in [4.69, 9.17) is 16.3 Å². The lowest BCUT2D eigenvalue weighted by molar-refractivity contribution is -0.138. The molecule has 0 saturated heterocycles. The second-order valence-electron chi connectivity index (χ2n) is 2.91. The molecular formula is C11H17ClO2. The molecule has 0 amide bonds. The lowest BCUT2D eigenvalue weighted by atomic mass is 10.1.